The van der Waals surface area contributed by atoms with Crippen LogP contribution >= 0.6 is 0 Å². The largest absolute Gasteiger partial charge is 0.381 e. The predicted molar refractivity (Wildman–Crippen MR) is 70.4 cm³/mol. The van der Waals surface area contributed by atoms with Crippen molar-refractivity contribution >= 4 is 5.91 Å². The summed E-state index contributed by atoms with van der Waals surface area (Å²) < 4.78 is 7.07. The van der Waals surface area contributed by atoms with Crippen LogP contribution in [0.4, 0.5) is 0 Å². The van der Waals surface area contributed by atoms with Gasteiger partial charge < -0.3 is 10.1 Å². The van der Waals surface area contributed by atoms with Gasteiger partial charge in [-0.05, 0) is 33.8 Å². The number of aryl methyl sites for hydroxylation is 2. The molecular formula is C13H23N3O2. The SMILES string of the molecule is CCOCCC(=O)N[C@@H](C)Cn1nc(C)cc1C. The molecule has 1 heterocycles. The third-order valence-corrected chi connectivity index (χ3v) is 2.64. The number of carbonyl (C=O) groups is 1. The molecule has 102 valence electrons. The number of aromatic nitrogens is 2. The zero-order valence-electron chi connectivity index (χ0n) is 11.7. The fraction of sp³-hybridized carbons (Fsp3) is 0.692. The summed E-state index contributed by atoms with van der Waals surface area (Å²) in [7, 11) is 0. The molecule has 0 saturated heterocycles. The zero-order valence-corrected chi connectivity index (χ0v) is 11.7. The molecule has 1 aromatic rings. The number of carbonyl (C=O) groups excluding carboxylic acids is 1. The number of hydrogen-bond acceptors (Lipinski definition) is 3. The molecule has 1 amide bonds. The maximum Gasteiger partial charge on any atom is 0.222 e. The normalized spacial score (nSPS) is 12.4. The zero-order chi connectivity index (χ0) is 13.5. The van der Waals surface area contributed by atoms with E-state index in [9.17, 15) is 4.79 Å². The summed E-state index contributed by atoms with van der Waals surface area (Å²) in [5, 5.41) is 7.32. The number of hydrogen-bond donors (Lipinski definition) is 1. The lowest BCUT2D eigenvalue weighted by molar-refractivity contribution is -0.122. The van der Waals surface area contributed by atoms with Gasteiger partial charge in [0.25, 0.3) is 0 Å². The minimum absolute atomic E-state index is 0.0254. The summed E-state index contributed by atoms with van der Waals surface area (Å²) in [5.74, 6) is 0.0254. The Labute approximate surface area is 109 Å². The molecule has 5 heteroatoms. The number of nitrogens with zero attached hydrogens (tertiary/aromatic N) is 2. The molecule has 0 spiro atoms. The van der Waals surface area contributed by atoms with Crippen LogP contribution in [0.15, 0.2) is 6.07 Å². The van der Waals surface area contributed by atoms with E-state index in [1.807, 2.05) is 38.4 Å². The van der Waals surface area contributed by atoms with E-state index >= 15 is 0 Å². The molecule has 1 N–H and O–H groups in total. The first-order valence-corrected chi connectivity index (χ1v) is 6.41. The summed E-state index contributed by atoms with van der Waals surface area (Å²) in [6, 6.07) is 2.10. The summed E-state index contributed by atoms with van der Waals surface area (Å²) in [6.07, 6.45) is 0.412. The van der Waals surface area contributed by atoms with E-state index < -0.39 is 0 Å². The Morgan fingerprint density at radius 2 is 2.28 bits per heavy atom. The minimum Gasteiger partial charge on any atom is -0.381 e. The van der Waals surface area contributed by atoms with Gasteiger partial charge in [-0.1, -0.05) is 0 Å². The fourth-order valence-corrected chi connectivity index (χ4v) is 1.82. The van der Waals surface area contributed by atoms with E-state index in [-0.39, 0.29) is 11.9 Å². The lowest BCUT2D eigenvalue weighted by atomic mass is 10.3. The monoisotopic (exact) mass is 253 g/mol. The molecule has 0 aliphatic heterocycles. The lowest BCUT2D eigenvalue weighted by Gasteiger charge is -2.15. The van der Waals surface area contributed by atoms with Gasteiger partial charge in [-0.25, -0.2) is 0 Å². The van der Waals surface area contributed by atoms with Gasteiger partial charge in [-0.3, -0.25) is 9.48 Å². The summed E-state index contributed by atoms with van der Waals surface area (Å²) >= 11 is 0. The van der Waals surface area contributed by atoms with E-state index in [2.05, 4.69) is 10.4 Å². The molecule has 0 fully saturated rings. The molecule has 1 atom stereocenters. The Kier molecular flexibility index (Phi) is 5.85. The van der Waals surface area contributed by atoms with Gasteiger partial charge >= 0.3 is 0 Å². The Hall–Kier alpha value is -1.36. The first-order chi connectivity index (χ1) is 8.52. The predicted octanol–water partition coefficient (Wildman–Crippen LogP) is 1.43. The molecule has 0 aromatic carbocycles. The van der Waals surface area contributed by atoms with Crippen molar-refractivity contribution in [1.82, 2.24) is 15.1 Å². The molecular weight excluding hydrogens is 230 g/mol. The summed E-state index contributed by atoms with van der Waals surface area (Å²) in [6.45, 7) is 9.71. The van der Waals surface area contributed by atoms with Crippen LogP contribution in [0.3, 0.4) is 0 Å². The second kappa shape index (κ2) is 7.16. The minimum atomic E-state index is 0.0254. The van der Waals surface area contributed by atoms with Gasteiger partial charge in [0.15, 0.2) is 0 Å². The smallest absolute Gasteiger partial charge is 0.222 e. The number of ether oxygens (including phenoxy) is 1. The van der Waals surface area contributed by atoms with Crippen LogP contribution in [0.5, 0.6) is 0 Å². The Morgan fingerprint density at radius 3 is 2.83 bits per heavy atom. The molecule has 18 heavy (non-hydrogen) atoms. The van der Waals surface area contributed by atoms with Crippen molar-refractivity contribution in [2.75, 3.05) is 13.2 Å². The Bertz CT molecular complexity index is 388. The van der Waals surface area contributed by atoms with Crippen molar-refractivity contribution in [3.63, 3.8) is 0 Å². The standard InChI is InChI=1S/C13H23N3O2/c1-5-18-7-6-13(17)14-11(3)9-16-12(4)8-10(2)15-16/h8,11H,5-7,9H2,1-4H3,(H,14,17)/t11-/m0/s1. The van der Waals surface area contributed by atoms with E-state index in [1.54, 1.807) is 0 Å². The second-order valence-electron chi connectivity index (χ2n) is 4.52. The van der Waals surface area contributed by atoms with Crippen molar-refractivity contribution in [3.05, 3.63) is 17.5 Å². The quantitative estimate of drug-likeness (QED) is 0.748. The molecule has 1 aromatic heterocycles. The number of amides is 1. The maximum atomic E-state index is 11.6. The molecule has 0 aliphatic rings. The van der Waals surface area contributed by atoms with Gasteiger partial charge in [-0.15, -0.1) is 0 Å². The van der Waals surface area contributed by atoms with Crippen LogP contribution in [0, 0.1) is 13.8 Å². The van der Waals surface area contributed by atoms with E-state index in [1.165, 1.54) is 0 Å². The van der Waals surface area contributed by atoms with Crippen LogP contribution in [-0.2, 0) is 16.1 Å². The van der Waals surface area contributed by atoms with E-state index in [4.69, 9.17) is 4.74 Å². The highest BCUT2D eigenvalue weighted by atomic mass is 16.5. The topological polar surface area (TPSA) is 56.1 Å². The van der Waals surface area contributed by atoms with Gasteiger partial charge in [0.2, 0.25) is 5.91 Å². The Balaban J connectivity index is 2.35. The molecule has 0 aliphatic carbocycles. The Morgan fingerprint density at radius 1 is 1.56 bits per heavy atom. The summed E-state index contributed by atoms with van der Waals surface area (Å²) in [4.78, 5) is 11.6. The van der Waals surface area contributed by atoms with Crippen LogP contribution in [0.2, 0.25) is 0 Å². The molecule has 1 rings (SSSR count). The average molecular weight is 253 g/mol. The lowest BCUT2D eigenvalue weighted by Crippen LogP contribution is -2.36. The average Bonchev–Trinajstić information content (AvgIpc) is 2.57. The number of nitrogens with one attached hydrogen (secondary N) is 1. The van der Waals surface area contributed by atoms with Crippen LogP contribution in [0.25, 0.3) is 0 Å². The van der Waals surface area contributed by atoms with Gasteiger partial charge in [0, 0.05) is 24.8 Å². The molecule has 0 bridgehead atoms. The molecule has 5 nitrogen and oxygen atoms in total. The van der Waals surface area contributed by atoms with Gasteiger partial charge in [0.1, 0.15) is 0 Å². The highest BCUT2D eigenvalue weighted by Crippen LogP contribution is 2.02. The summed E-state index contributed by atoms with van der Waals surface area (Å²) in [5.41, 5.74) is 2.12. The third-order valence-electron chi connectivity index (χ3n) is 2.64. The first kappa shape index (κ1) is 14.7. The first-order valence-electron chi connectivity index (χ1n) is 6.41. The molecule has 0 unspecified atom stereocenters. The van der Waals surface area contributed by atoms with Crippen LogP contribution in [0.1, 0.15) is 31.7 Å². The van der Waals surface area contributed by atoms with E-state index in [0.29, 0.717) is 26.2 Å². The second-order valence-corrected chi connectivity index (χ2v) is 4.52. The third kappa shape index (κ3) is 4.87. The fourth-order valence-electron chi connectivity index (χ4n) is 1.82. The van der Waals surface area contributed by atoms with Crippen LogP contribution < -0.4 is 5.32 Å². The molecule has 0 saturated carbocycles. The van der Waals surface area contributed by atoms with Gasteiger partial charge in [-0.2, -0.15) is 5.10 Å². The maximum absolute atomic E-state index is 11.6. The van der Waals surface area contributed by atoms with Crippen molar-refractivity contribution < 1.29 is 9.53 Å². The highest BCUT2D eigenvalue weighted by Gasteiger charge is 2.09. The molecule has 0 radical (unpaired) electrons. The van der Waals surface area contributed by atoms with Crippen molar-refractivity contribution in [3.8, 4) is 0 Å². The van der Waals surface area contributed by atoms with Gasteiger partial charge in [0.05, 0.1) is 18.8 Å². The van der Waals surface area contributed by atoms with Crippen LogP contribution in [-0.4, -0.2) is 34.9 Å². The van der Waals surface area contributed by atoms with E-state index in [0.717, 1.165) is 11.4 Å². The highest BCUT2D eigenvalue weighted by molar-refractivity contribution is 5.76. The van der Waals surface area contributed by atoms with Crippen molar-refractivity contribution in [2.24, 2.45) is 0 Å². The van der Waals surface area contributed by atoms with Crippen molar-refractivity contribution in [2.45, 2.75) is 46.7 Å². The number of rotatable bonds is 7. The van der Waals surface area contributed by atoms with Crippen molar-refractivity contribution in [1.29, 1.82) is 0 Å².